The average molecular weight is 245 g/mol. The zero-order chi connectivity index (χ0) is 13.1. The lowest BCUT2D eigenvalue weighted by Crippen LogP contribution is -2.51. The van der Waals surface area contributed by atoms with Crippen LogP contribution in [0.4, 0.5) is 4.79 Å². The second-order valence-electron chi connectivity index (χ2n) is 5.28. The van der Waals surface area contributed by atoms with E-state index in [1.807, 2.05) is 0 Å². The summed E-state index contributed by atoms with van der Waals surface area (Å²) in [6.45, 7) is 5.91. The number of carboxylic acids is 1. The van der Waals surface area contributed by atoms with E-state index in [9.17, 15) is 9.59 Å². The first-order valence-corrected chi connectivity index (χ1v) is 5.53. The van der Waals surface area contributed by atoms with Gasteiger partial charge in [0.05, 0.1) is 18.6 Å². The van der Waals surface area contributed by atoms with Gasteiger partial charge in [-0.3, -0.25) is 4.79 Å². The van der Waals surface area contributed by atoms with Crippen LogP contribution >= 0.6 is 0 Å². The molecule has 1 amide bonds. The molecule has 0 saturated carbocycles. The van der Waals surface area contributed by atoms with Gasteiger partial charge in [0, 0.05) is 6.61 Å². The minimum atomic E-state index is -0.966. The van der Waals surface area contributed by atoms with Crippen molar-refractivity contribution in [1.82, 2.24) is 5.32 Å². The molecule has 1 unspecified atom stereocenters. The minimum Gasteiger partial charge on any atom is -0.481 e. The molecule has 0 aromatic carbocycles. The highest BCUT2D eigenvalue weighted by Crippen LogP contribution is 2.23. The molecule has 6 nitrogen and oxygen atoms in total. The van der Waals surface area contributed by atoms with Crippen molar-refractivity contribution in [3.05, 3.63) is 0 Å². The molecule has 1 atom stereocenters. The molecule has 0 bridgehead atoms. The Bertz CT molecular complexity index is 301. The number of hydrogen-bond donors (Lipinski definition) is 2. The summed E-state index contributed by atoms with van der Waals surface area (Å²) in [6, 6.07) is 0. The molecule has 6 heteroatoms. The number of rotatable bonds is 3. The third-order valence-corrected chi connectivity index (χ3v) is 2.36. The zero-order valence-corrected chi connectivity index (χ0v) is 10.4. The molecule has 17 heavy (non-hydrogen) atoms. The van der Waals surface area contributed by atoms with Crippen LogP contribution in [0.3, 0.4) is 0 Å². The van der Waals surface area contributed by atoms with Gasteiger partial charge in [0.1, 0.15) is 5.60 Å². The number of amides is 1. The van der Waals surface area contributed by atoms with Crippen molar-refractivity contribution in [3.63, 3.8) is 0 Å². The van der Waals surface area contributed by atoms with Crippen LogP contribution in [0.25, 0.3) is 0 Å². The Morgan fingerprint density at radius 1 is 1.47 bits per heavy atom. The molecule has 0 aliphatic carbocycles. The smallest absolute Gasteiger partial charge is 0.408 e. The first-order chi connectivity index (χ1) is 7.72. The van der Waals surface area contributed by atoms with Gasteiger partial charge in [-0.2, -0.15) is 0 Å². The first-order valence-electron chi connectivity index (χ1n) is 5.53. The van der Waals surface area contributed by atoms with E-state index in [1.165, 1.54) is 0 Å². The number of alkyl carbamates (subject to hydrolysis) is 1. The highest BCUT2D eigenvalue weighted by atomic mass is 16.6. The summed E-state index contributed by atoms with van der Waals surface area (Å²) in [5.74, 6) is -0.966. The van der Waals surface area contributed by atoms with Gasteiger partial charge in [0.25, 0.3) is 0 Å². The van der Waals surface area contributed by atoms with Crippen LogP contribution in [0.2, 0.25) is 0 Å². The monoisotopic (exact) mass is 245 g/mol. The number of aliphatic carboxylic acids is 1. The number of ether oxygens (including phenoxy) is 2. The zero-order valence-electron chi connectivity index (χ0n) is 10.4. The number of carboxylic acid groups (broad SMARTS) is 1. The lowest BCUT2D eigenvalue weighted by Gasteiger charge is -2.29. The molecule has 0 spiro atoms. The van der Waals surface area contributed by atoms with Gasteiger partial charge in [-0.1, -0.05) is 0 Å². The summed E-state index contributed by atoms with van der Waals surface area (Å²) in [5.41, 5.74) is -1.44. The Labute approximate surface area is 100 Å². The van der Waals surface area contributed by atoms with Crippen molar-refractivity contribution in [3.8, 4) is 0 Å². The lowest BCUT2D eigenvalue weighted by molar-refractivity contribution is -0.138. The fourth-order valence-corrected chi connectivity index (χ4v) is 1.70. The van der Waals surface area contributed by atoms with Crippen LogP contribution in [0.15, 0.2) is 0 Å². The second-order valence-corrected chi connectivity index (χ2v) is 5.28. The molecule has 0 aromatic heterocycles. The fourth-order valence-electron chi connectivity index (χ4n) is 1.70. The molecule has 0 aromatic rings. The van der Waals surface area contributed by atoms with Crippen LogP contribution in [0.5, 0.6) is 0 Å². The molecular weight excluding hydrogens is 226 g/mol. The molecule has 2 N–H and O–H groups in total. The largest absolute Gasteiger partial charge is 0.481 e. The first kappa shape index (κ1) is 13.8. The maximum Gasteiger partial charge on any atom is 0.408 e. The molecular formula is C11H19NO5. The molecule has 1 fully saturated rings. The number of carbonyl (C=O) groups excluding carboxylic acids is 1. The van der Waals surface area contributed by atoms with Gasteiger partial charge < -0.3 is 19.9 Å². The van der Waals surface area contributed by atoms with Crippen molar-refractivity contribution in [2.45, 2.75) is 44.8 Å². The van der Waals surface area contributed by atoms with Gasteiger partial charge >= 0.3 is 12.1 Å². The van der Waals surface area contributed by atoms with Crippen molar-refractivity contribution in [2.24, 2.45) is 0 Å². The van der Waals surface area contributed by atoms with E-state index in [0.717, 1.165) is 0 Å². The second kappa shape index (κ2) is 4.91. The SMILES string of the molecule is CC(C)(C)OC(=O)NC1(CC(=O)O)CCOC1. The van der Waals surface area contributed by atoms with Crippen LogP contribution in [0, 0.1) is 0 Å². The van der Waals surface area contributed by atoms with Gasteiger partial charge in [-0.15, -0.1) is 0 Å². The Hall–Kier alpha value is -1.30. The van der Waals surface area contributed by atoms with Crippen molar-refractivity contribution < 1.29 is 24.2 Å². The Morgan fingerprint density at radius 3 is 2.53 bits per heavy atom. The molecule has 98 valence electrons. The Morgan fingerprint density at radius 2 is 2.12 bits per heavy atom. The van der Waals surface area contributed by atoms with E-state index >= 15 is 0 Å². The van der Waals surface area contributed by atoms with E-state index < -0.39 is 23.2 Å². The number of hydrogen-bond acceptors (Lipinski definition) is 4. The summed E-state index contributed by atoms with van der Waals surface area (Å²) in [6.07, 6.45) is -0.283. The molecule has 1 aliphatic heterocycles. The molecule has 1 heterocycles. The highest BCUT2D eigenvalue weighted by Gasteiger charge is 2.39. The standard InChI is InChI=1S/C11H19NO5/c1-10(2,3)17-9(15)12-11(6-8(13)14)4-5-16-7-11/h4-7H2,1-3H3,(H,12,15)(H,13,14). The molecule has 0 radical (unpaired) electrons. The maximum atomic E-state index is 11.6. The summed E-state index contributed by atoms with van der Waals surface area (Å²) in [7, 11) is 0. The van der Waals surface area contributed by atoms with Crippen LogP contribution in [-0.2, 0) is 14.3 Å². The highest BCUT2D eigenvalue weighted by molar-refractivity contribution is 5.73. The number of carbonyl (C=O) groups is 2. The van der Waals surface area contributed by atoms with Crippen LogP contribution in [0.1, 0.15) is 33.6 Å². The van der Waals surface area contributed by atoms with E-state index in [-0.39, 0.29) is 13.0 Å². The lowest BCUT2D eigenvalue weighted by atomic mass is 9.95. The summed E-state index contributed by atoms with van der Waals surface area (Å²) < 4.78 is 10.3. The third-order valence-electron chi connectivity index (χ3n) is 2.36. The van der Waals surface area contributed by atoms with E-state index in [2.05, 4.69) is 5.32 Å². The Balaban J connectivity index is 2.61. The van der Waals surface area contributed by atoms with Crippen molar-refractivity contribution >= 4 is 12.1 Å². The van der Waals surface area contributed by atoms with Crippen LogP contribution < -0.4 is 5.32 Å². The molecule has 1 saturated heterocycles. The molecule has 1 aliphatic rings. The van der Waals surface area contributed by atoms with Crippen molar-refractivity contribution in [1.29, 1.82) is 0 Å². The summed E-state index contributed by atoms with van der Waals surface area (Å²) in [4.78, 5) is 22.4. The predicted molar refractivity (Wildman–Crippen MR) is 59.8 cm³/mol. The average Bonchev–Trinajstić information content (AvgIpc) is 2.47. The van der Waals surface area contributed by atoms with E-state index in [0.29, 0.717) is 13.0 Å². The van der Waals surface area contributed by atoms with Crippen LogP contribution in [-0.4, -0.2) is 41.5 Å². The van der Waals surface area contributed by atoms with E-state index in [4.69, 9.17) is 14.6 Å². The quantitative estimate of drug-likeness (QED) is 0.779. The van der Waals surface area contributed by atoms with Gasteiger partial charge in [0.2, 0.25) is 0 Å². The topological polar surface area (TPSA) is 84.9 Å². The third kappa shape index (κ3) is 4.60. The van der Waals surface area contributed by atoms with Gasteiger partial charge in [-0.25, -0.2) is 4.79 Å². The maximum absolute atomic E-state index is 11.6. The molecule has 1 rings (SSSR count). The Kier molecular flexibility index (Phi) is 3.98. The fraction of sp³-hybridized carbons (Fsp3) is 0.818. The minimum absolute atomic E-state index is 0.160. The predicted octanol–water partition coefficient (Wildman–Crippen LogP) is 1.14. The number of nitrogens with one attached hydrogen (secondary N) is 1. The normalized spacial score (nSPS) is 24.4. The summed E-state index contributed by atoms with van der Waals surface area (Å²) in [5, 5.41) is 11.5. The summed E-state index contributed by atoms with van der Waals surface area (Å²) >= 11 is 0. The van der Waals surface area contributed by atoms with Gasteiger partial charge in [-0.05, 0) is 27.2 Å². The van der Waals surface area contributed by atoms with Crippen molar-refractivity contribution in [2.75, 3.05) is 13.2 Å². The van der Waals surface area contributed by atoms with E-state index in [1.54, 1.807) is 20.8 Å². The van der Waals surface area contributed by atoms with Gasteiger partial charge in [0.15, 0.2) is 0 Å².